The number of halogens is 2. The number of benzene rings is 3. The average molecular weight is 634 g/mol. The molecule has 6 rings (SSSR count). The summed E-state index contributed by atoms with van der Waals surface area (Å²) in [4.78, 5) is 31.6. The van der Waals surface area contributed by atoms with Crippen LogP contribution in [-0.2, 0) is 5.75 Å². The Labute approximate surface area is 267 Å². The quantitative estimate of drug-likeness (QED) is 0.128. The van der Waals surface area contributed by atoms with Gasteiger partial charge in [0.25, 0.3) is 5.91 Å². The van der Waals surface area contributed by atoms with Gasteiger partial charge in [-0.1, -0.05) is 71.4 Å². The smallest absolute Gasteiger partial charge is 0.253 e. The van der Waals surface area contributed by atoms with Gasteiger partial charge in [-0.3, -0.25) is 4.79 Å². The maximum atomic E-state index is 13.3. The van der Waals surface area contributed by atoms with Crippen LogP contribution in [0.4, 0.5) is 17.2 Å². The number of nitrogens with zero attached hydrogens (tertiary/aromatic N) is 6. The second-order valence-electron chi connectivity index (χ2n) is 10.8. The second-order valence-corrected chi connectivity index (χ2v) is 12.6. The molecule has 43 heavy (non-hydrogen) atoms. The summed E-state index contributed by atoms with van der Waals surface area (Å²) < 4.78 is 0. The molecule has 0 saturated carbocycles. The molecular formula is C33H34Cl2N6OS. The van der Waals surface area contributed by atoms with E-state index in [-0.39, 0.29) is 5.91 Å². The van der Waals surface area contributed by atoms with Gasteiger partial charge in [-0.2, -0.15) is 0 Å². The number of carbonyl (C=O) groups excluding carboxylic acids is 1. The maximum absolute atomic E-state index is 13.3. The molecule has 1 aromatic heterocycles. The molecule has 0 aliphatic carbocycles. The van der Waals surface area contributed by atoms with Crippen LogP contribution in [0.5, 0.6) is 0 Å². The minimum Gasteiger partial charge on any atom is -0.368 e. The predicted molar refractivity (Wildman–Crippen MR) is 178 cm³/mol. The molecule has 2 aliphatic rings. The molecular weight excluding hydrogens is 599 g/mol. The first kappa shape index (κ1) is 29.6. The van der Waals surface area contributed by atoms with E-state index in [2.05, 4.69) is 56.9 Å². The normalized spacial score (nSPS) is 15.6. The monoisotopic (exact) mass is 632 g/mol. The molecule has 2 saturated heterocycles. The van der Waals surface area contributed by atoms with Gasteiger partial charge in [-0.25, -0.2) is 9.97 Å². The molecule has 3 aromatic carbocycles. The summed E-state index contributed by atoms with van der Waals surface area (Å²) in [6, 6.07) is 26.1. The highest BCUT2D eigenvalue weighted by Crippen LogP contribution is 2.28. The van der Waals surface area contributed by atoms with E-state index < -0.39 is 0 Å². The molecule has 0 spiro atoms. The Morgan fingerprint density at radius 3 is 2.26 bits per heavy atom. The fourth-order valence-corrected chi connectivity index (χ4v) is 6.88. The Hall–Kier alpha value is -3.46. The lowest BCUT2D eigenvalue weighted by atomic mass is 10.1. The highest BCUT2D eigenvalue weighted by atomic mass is 35.5. The van der Waals surface area contributed by atoms with Crippen LogP contribution in [0.15, 0.2) is 84.0 Å². The summed E-state index contributed by atoms with van der Waals surface area (Å²) in [5.41, 5.74) is 5.43. The average Bonchev–Trinajstić information content (AvgIpc) is 3.04. The number of anilines is 3. The van der Waals surface area contributed by atoms with Gasteiger partial charge >= 0.3 is 0 Å². The van der Waals surface area contributed by atoms with E-state index in [1.807, 2.05) is 53.4 Å². The third-order valence-electron chi connectivity index (χ3n) is 8.00. The number of piperazine rings is 2. The number of amides is 1. The van der Waals surface area contributed by atoms with Gasteiger partial charge in [0.15, 0.2) is 5.16 Å². The fraction of sp³-hybridized carbons (Fsp3) is 0.303. The van der Waals surface area contributed by atoms with Gasteiger partial charge in [0.1, 0.15) is 11.0 Å². The minimum atomic E-state index is 0.0590. The third kappa shape index (κ3) is 7.20. The highest BCUT2D eigenvalue weighted by Gasteiger charge is 2.23. The fourth-order valence-electron chi connectivity index (χ4n) is 5.67. The third-order valence-corrected chi connectivity index (χ3v) is 9.35. The Bertz CT molecular complexity index is 1590. The first-order valence-corrected chi connectivity index (χ1v) is 16.3. The molecule has 7 nitrogen and oxygen atoms in total. The van der Waals surface area contributed by atoms with E-state index in [9.17, 15) is 4.79 Å². The van der Waals surface area contributed by atoms with Crippen molar-refractivity contribution < 1.29 is 4.79 Å². The SMILES string of the molecule is Cc1ccccc1N1CCN(c2cc(Cl)nc(SCc3cccc(C(=O)N4CCN(c5cccc(Cl)c5)CC4)c3)n2)CC1. The number of aryl methyl sites for hydroxylation is 1. The molecule has 4 aromatic rings. The van der Waals surface area contributed by atoms with Crippen molar-refractivity contribution in [3.05, 3.63) is 106 Å². The first-order chi connectivity index (χ1) is 20.9. The van der Waals surface area contributed by atoms with Crippen LogP contribution in [0, 0.1) is 6.92 Å². The van der Waals surface area contributed by atoms with Gasteiger partial charge in [-0.05, 0) is 54.4 Å². The number of carbonyl (C=O) groups is 1. The van der Waals surface area contributed by atoms with E-state index in [4.69, 9.17) is 28.2 Å². The Morgan fingerprint density at radius 2 is 1.49 bits per heavy atom. The highest BCUT2D eigenvalue weighted by molar-refractivity contribution is 7.98. The van der Waals surface area contributed by atoms with Crippen LogP contribution >= 0.6 is 35.0 Å². The topological polar surface area (TPSA) is 55.8 Å². The zero-order valence-corrected chi connectivity index (χ0v) is 26.5. The standard InChI is InChI=1S/C33H34Cl2N6OS/c1-24-6-2-3-11-29(24)39-14-16-40(17-15-39)31-22-30(35)36-33(37-31)43-23-25-7-4-8-26(20-25)32(42)41-18-12-38(13-19-41)28-10-5-9-27(34)21-28/h2-11,20-22H,12-19,23H2,1H3. The summed E-state index contributed by atoms with van der Waals surface area (Å²) in [6.07, 6.45) is 0. The van der Waals surface area contributed by atoms with Crippen molar-refractivity contribution in [3.63, 3.8) is 0 Å². The maximum Gasteiger partial charge on any atom is 0.253 e. The van der Waals surface area contributed by atoms with Crippen molar-refractivity contribution in [1.29, 1.82) is 0 Å². The molecule has 10 heteroatoms. The Balaban J connectivity index is 1.05. The molecule has 2 aliphatic heterocycles. The van der Waals surface area contributed by atoms with Crippen molar-refractivity contribution in [2.45, 2.75) is 17.8 Å². The molecule has 2 fully saturated rings. The van der Waals surface area contributed by atoms with Crippen molar-refractivity contribution in [2.24, 2.45) is 0 Å². The largest absolute Gasteiger partial charge is 0.368 e. The van der Waals surface area contributed by atoms with E-state index >= 15 is 0 Å². The number of thioether (sulfide) groups is 1. The Morgan fingerprint density at radius 1 is 0.767 bits per heavy atom. The Kier molecular flexibility index (Phi) is 9.26. The number of para-hydroxylation sites is 1. The minimum absolute atomic E-state index is 0.0590. The molecule has 0 radical (unpaired) electrons. The molecule has 0 bridgehead atoms. The summed E-state index contributed by atoms with van der Waals surface area (Å²) in [7, 11) is 0. The van der Waals surface area contributed by atoms with E-state index in [0.717, 1.165) is 61.4 Å². The molecule has 0 unspecified atom stereocenters. The predicted octanol–water partition coefficient (Wildman–Crippen LogP) is 6.67. The lowest BCUT2D eigenvalue weighted by molar-refractivity contribution is 0.0746. The van der Waals surface area contributed by atoms with Crippen LogP contribution in [-0.4, -0.2) is 73.1 Å². The zero-order chi connectivity index (χ0) is 29.8. The van der Waals surface area contributed by atoms with Crippen LogP contribution in [0.25, 0.3) is 0 Å². The van der Waals surface area contributed by atoms with Crippen LogP contribution < -0.4 is 14.7 Å². The summed E-state index contributed by atoms with van der Waals surface area (Å²) >= 11 is 14.1. The van der Waals surface area contributed by atoms with Crippen molar-refractivity contribution in [3.8, 4) is 0 Å². The molecule has 1 amide bonds. The molecule has 0 atom stereocenters. The van der Waals surface area contributed by atoms with Crippen molar-refractivity contribution in [1.82, 2.24) is 14.9 Å². The van der Waals surface area contributed by atoms with Crippen molar-refractivity contribution >= 4 is 58.1 Å². The lowest BCUT2D eigenvalue weighted by Gasteiger charge is -2.37. The van der Waals surface area contributed by atoms with E-state index in [1.165, 1.54) is 23.0 Å². The van der Waals surface area contributed by atoms with Gasteiger partial charge < -0.3 is 19.6 Å². The van der Waals surface area contributed by atoms with E-state index in [0.29, 0.717) is 34.7 Å². The number of aromatic nitrogens is 2. The zero-order valence-electron chi connectivity index (χ0n) is 24.1. The van der Waals surface area contributed by atoms with E-state index in [1.54, 1.807) is 0 Å². The summed E-state index contributed by atoms with van der Waals surface area (Å²) in [6.45, 7) is 8.62. The summed E-state index contributed by atoms with van der Waals surface area (Å²) in [5, 5.41) is 1.80. The summed E-state index contributed by atoms with van der Waals surface area (Å²) in [5.74, 6) is 1.56. The van der Waals surface area contributed by atoms with Crippen molar-refractivity contribution in [2.75, 3.05) is 67.1 Å². The first-order valence-electron chi connectivity index (χ1n) is 14.5. The van der Waals surface area contributed by atoms with Crippen LogP contribution in [0.3, 0.4) is 0 Å². The molecule has 222 valence electrons. The van der Waals surface area contributed by atoms with Gasteiger partial charge in [0.2, 0.25) is 0 Å². The van der Waals surface area contributed by atoms with Gasteiger partial charge in [0.05, 0.1) is 0 Å². The van der Waals surface area contributed by atoms with Crippen LogP contribution in [0.1, 0.15) is 21.5 Å². The lowest BCUT2D eigenvalue weighted by Crippen LogP contribution is -2.48. The second kappa shape index (κ2) is 13.5. The number of hydrogen-bond acceptors (Lipinski definition) is 7. The van der Waals surface area contributed by atoms with Gasteiger partial charge in [0, 0.05) is 86.1 Å². The van der Waals surface area contributed by atoms with Gasteiger partial charge in [-0.15, -0.1) is 0 Å². The number of hydrogen-bond donors (Lipinski definition) is 0. The molecule has 3 heterocycles. The molecule has 0 N–H and O–H groups in total. The number of rotatable bonds is 7. The van der Waals surface area contributed by atoms with Crippen LogP contribution in [0.2, 0.25) is 10.2 Å².